The Bertz CT molecular complexity index is 916. The molecule has 0 spiro atoms. The maximum atomic E-state index is 13.2. The number of hydrogen-bond acceptors (Lipinski definition) is 5. The van der Waals surface area contributed by atoms with E-state index in [1.165, 1.54) is 11.8 Å². The second-order valence-corrected chi connectivity index (χ2v) is 7.91. The molecule has 0 unspecified atom stereocenters. The lowest BCUT2D eigenvalue weighted by Crippen LogP contribution is -2.31. The third kappa shape index (κ3) is 5.29. The van der Waals surface area contributed by atoms with E-state index in [-0.39, 0.29) is 5.91 Å². The molecule has 0 saturated heterocycles. The van der Waals surface area contributed by atoms with Crippen molar-refractivity contribution in [1.82, 2.24) is 4.90 Å². The van der Waals surface area contributed by atoms with Crippen LogP contribution in [0.3, 0.4) is 0 Å². The topological polar surface area (TPSA) is 67.9 Å². The lowest BCUT2D eigenvalue weighted by molar-refractivity contribution is 0.0812. The smallest absolute Gasteiger partial charge is 0.258 e. The highest BCUT2D eigenvalue weighted by Gasteiger charge is 2.29. The van der Waals surface area contributed by atoms with E-state index in [4.69, 9.17) is 10.6 Å². The highest BCUT2D eigenvalue weighted by Crippen LogP contribution is 2.34. The van der Waals surface area contributed by atoms with Crippen LogP contribution in [0.1, 0.15) is 34.3 Å². The summed E-state index contributed by atoms with van der Waals surface area (Å²) in [7, 11) is 1.60. The van der Waals surface area contributed by atoms with Gasteiger partial charge in [0.25, 0.3) is 5.91 Å². The number of hydrogen-bond donors (Lipinski definition) is 1. The summed E-state index contributed by atoms with van der Waals surface area (Å²) in [5.41, 5.74) is 2.47. The fourth-order valence-electron chi connectivity index (χ4n) is 2.83. The van der Waals surface area contributed by atoms with Gasteiger partial charge in [-0.3, -0.25) is 4.79 Å². The lowest BCUT2D eigenvalue weighted by Gasteiger charge is -2.24. The van der Waals surface area contributed by atoms with E-state index < -0.39 is 0 Å². The molecule has 2 aromatic rings. The molecule has 0 aliphatic heterocycles. The van der Waals surface area contributed by atoms with Gasteiger partial charge in [0.05, 0.1) is 12.1 Å². The number of carbonyl (C=O) groups excluding carboxylic acids is 1. The molecule has 2 N–H and O–H groups in total. The SMILES string of the molecule is C=Cc1ccc(/C(=N/N)SC(=C)N(CC2CC2)C(=O)c2ccc(OC)cc2)cc1. The van der Waals surface area contributed by atoms with Crippen LogP contribution in [0.2, 0.25) is 0 Å². The molecule has 6 heteroatoms. The minimum atomic E-state index is -0.0876. The number of amides is 1. The van der Waals surface area contributed by atoms with Gasteiger partial charge < -0.3 is 15.5 Å². The highest BCUT2D eigenvalue weighted by atomic mass is 32.2. The summed E-state index contributed by atoms with van der Waals surface area (Å²) in [6.07, 6.45) is 4.04. The molecule has 0 atom stereocenters. The van der Waals surface area contributed by atoms with E-state index >= 15 is 0 Å². The van der Waals surface area contributed by atoms with Crippen LogP contribution in [-0.4, -0.2) is 29.5 Å². The summed E-state index contributed by atoms with van der Waals surface area (Å²) < 4.78 is 5.18. The van der Waals surface area contributed by atoms with Crippen LogP contribution in [0.25, 0.3) is 6.08 Å². The van der Waals surface area contributed by atoms with Gasteiger partial charge in [0.1, 0.15) is 10.8 Å². The van der Waals surface area contributed by atoms with Gasteiger partial charge in [0.2, 0.25) is 0 Å². The molecule has 1 saturated carbocycles. The van der Waals surface area contributed by atoms with Gasteiger partial charge in [-0.05, 0) is 48.6 Å². The van der Waals surface area contributed by atoms with Crippen molar-refractivity contribution in [2.24, 2.45) is 16.9 Å². The van der Waals surface area contributed by atoms with Crippen LogP contribution in [0, 0.1) is 5.92 Å². The monoisotopic (exact) mass is 407 g/mol. The quantitative estimate of drug-likeness (QED) is 0.298. The molecule has 1 amide bonds. The predicted octanol–water partition coefficient (Wildman–Crippen LogP) is 4.72. The van der Waals surface area contributed by atoms with Crippen molar-refractivity contribution >= 4 is 28.8 Å². The predicted molar refractivity (Wildman–Crippen MR) is 121 cm³/mol. The summed E-state index contributed by atoms with van der Waals surface area (Å²) in [6.45, 7) is 8.56. The zero-order valence-corrected chi connectivity index (χ0v) is 17.3. The summed E-state index contributed by atoms with van der Waals surface area (Å²) in [4.78, 5) is 14.9. The molecule has 0 radical (unpaired) electrons. The van der Waals surface area contributed by atoms with Crippen molar-refractivity contribution < 1.29 is 9.53 Å². The molecule has 1 fully saturated rings. The number of nitrogens with zero attached hydrogens (tertiary/aromatic N) is 2. The van der Waals surface area contributed by atoms with E-state index in [0.717, 1.165) is 24.0 Å². The van der Waals surface area contributed by atoms with Gasteiger partial charge in [0, 0.05) is 17.7 Å². The number of hydrazone groups is 1. The number of thioether (sulfide) groups is 1. The molecule has 1 aliphatic rings. The van der Waals surface area contributed by atoms with Crippen molar-refractivity contribution in [2.45, 2.75) is 12.8 Å². The molecule has 5 nitrogen and oxygen atoms in total. The Kier molecular flexibility index (Phi) is 6.77. The first-order valence-electron chi connectivity index (χ1n) is 9.39. The fraction of sp³-hybridized carbons (Fsp3) is 0.217. The first-order chi connectivity index (χ1) is 14.0. The van der Waals surface area contributed by atoms with Crippen LogP contribution in [0.4, 0.5) is 0 Å². The maximum Gasteiger partial charge on any atom is 0.258 e. The first-order valence-corrected chi connectivity index (χ1v) is 10.2. The van der Waals surface area contributed by atoms with Gasteiger partial charge in [-0.2, -0.15) is 5.10 Å². The van der Waals surface area contributed by atoms with Gasteiger partial charge in [-0.1, -0.05) is 55.3 Å². The normalized spacial score (nSPS) is 13.6. The van der Waals surface area contributed by atoms with E-state index in [2.05, 4.69) is 18.3 Å². The fourth-order valence-corrected chi connectivity index (χ4v) is 3.63. The average molecular weight is 408 g/mol. The Morgan fingerprint density at radius 1 is 1.21 bits per heavy atom. The summed E-state index contributed by atoms with van der Waals surface area (Å²) in [5.74, 6) is 6.78. The van der Waals surface area contributed by atoms with Crippen molar-refractivity contribution in [2.75, 3.05) is 13.7 Å². The van der Waals surface area contributed by atoms with E-state index in [9.17, 15) is 4.79 Å². The zero-order valence-electron chi connectivity index (χ0n) is 16.5. The number of rotatable bonds is 8. The molecule has 3 rings (SSSR count). The Hall–Kier alpha value is -2.99. The number of methoxy groups -OCH3 is 1. The lowest BCUT2D eigenvalue weighted by atomic mass is 10.1. The van der Waals surface area contributed by atoms with Crippen LogP contribution in [0.5, 0.6) is 5.75 Å². The molecule has 0 aromatic heterocycles. The Balaban J connectivity index is 1.78. The van der Waals surface area contributed by atoms with Gasteiger partial charge in [0.15, 0.2) is 0 Å². The molecule has 150 valence electrons. The van der Waals surface area contributed by atoms with Crippen LogP contribution < -0.4 is 10.6 Å². The summed E-state index contributed by atoms with van der Waals surface area (Å²) >= 11 is 1.30. The standard InChI is InChI=1S/C23H25N3O2S/c1-4-17-7-9-19(10-8-17)22(25-24)29-16(2)26(15-18-5-6-18)23(27)20-11-13-21(28-3)14-12-20/h4,7-14,18H,1-2,5-6,15,24H2,3H3/b25-22-. The Morgan fingerprint density at radius 3 is 2.34 bits per heavy atom. The van der Waals surface area contributed by atoms with Crippen LogP contribution in [-0.2, 0) is 0 Å². The molecule has 0 bridgehead atoms. The van der Waals surface area contributed by atoms with Gasteiger partial charge in [-0.25, -0.2) is 0 Å². The molecular formula is C23H25N3O2S. The number of nitrogens with two attached hydrogens (primary N) is 1. The van der Waals surface area contributed by atoms with Crippen molar-refractivity contribution in [3.05, 3.63) is 83.4 Å². The van der Waals surface area contributed by atoms with E-state index in [1.807, 2.05) is 24.3 Å². The van der Waals surface area contributed by atoms with Crippen molar-refractivity contribution in [3.8, 4) is 5.75 Å². The second kappa shape index (κ2) is 9.47. The molecule has 1 aliphatic carbocycles. The minimum Gasteiger partial charge on any atom is -0.497 e. The number of benzene rings is 2. The number of ether oxygens (including phenoxy) is 1. The first kappa shape index (κ1) is 20.7. The maximum absolute atomic E-state index is 13.2. The highest BCUT2D eigenvalue weighted by molar-refractivity contribution is 8.17. The van der Waals surface area contributed by atoms with Gasteiger partial charge in [-0.15, -0.1) is 0 Å². The van der Waals surface area contributed by atoms with Crippen molar-refractivity contribution in [1.29, 1.82) is 0 Å². The average Bonchev–Trinajstić information content (AvgIpc) is 3.59. The second-order valence-electron chi connectivity index (χ2n) is 6.84. The third-order valence-electron chi connectivity index (χ3n) is 4.75. The van der Waals surface area contributed by atoms with Gasteiger partial charge >= 0.3 is 0 Å². The zero-order chi connectivity index (χ0) is 20.8. The third-order valence-corrected chi connectivity index (χ3v) is 5.74. The van der Waals surface area contributed by atoms with E-state index in [1.54, 1.807) is 42.4 Å². The molecule has 29 heavy (non-hydrogen) atoms. The van der Waals surface area contributed by atoms with Crippen molar-refractivity contribution in [3.63, 3.8) is 0 Å². The molecular weight excluding hydrogens is 382 g/mol. The summed E-state index contributed by atoms with van der Waals surface area (Å²) in [5, 5.41) is 5.14. The minimum absolute atomic E-state index is 0.0876. The Morgan fingerprint density at radius 2 is 1.83 bits per heavy atom. The number of carbonyl (C=O) groups is 1. The largest absolute Gasteiger partial charge is 0.497 e. The van der Waals surface area contributed by atoms with E-state index in [0.29, 0.717) is 33.8 Å². The Labute approximate surface area is 175 Å². The molecule has 0 heterocycles. The summed E-state index contributed by atoms with van der Waals surface area (Å²) in [6, 6.07) is 14.9. The van der Waals surface area contributed by atoms with Crippen LogP contribution in [0.15, 0.2) is 71.8 Å². The van der Waals surface area contributed by atoms with Crippen LogP contribution >= 0.6 is 11.8 Å². The molecule has 2 aromatic carbocycles.